The van der Waals surface area contributed by atoms with Gasteiger partial charge in [0.1, 0.15) is 11.6 Å². The summed E-state index contributed by atoms with van der Waals surface area (Å²) in [5.74, 6) is -0.960. The lowest BCUT2D eigenvalue weighted by atomic mass is 10.1. The van der Waals surface area contributed by atoms with E-state index < -0.39 is 21.5 Å². The molecule has 3 rings (SSSR count). The van der Waals surface area contributed by atoms with E-state index in [2.05, 4.69) is 26.2 Å². The Morgan fingerprint density at radius 2 is 1.79 bits per heavy atom. The topological polar surface area (TPSA) is 76.1 Å². The molecular weight excluding hydrogens is 392 g/mol. The first-order chi connectivity index (χ1) is 11.4. The molecule has 1 N–H and O–H groups in total. The first kappa shape index (κ1) is 16.6. The van der Waals surface area contributed by atoms with Gasteiger partial charge in [-0.3, -0.25) is 4.79 Å². The van der Waals surface area contributed by atoms with Crippen LogP contribution in [0.1, 0.15) is 0 Å². The van der Waals surface area contributed by atoms with E-state index in [0.717, 1.165) is 15.2 Å². The molecule has 0 unspecified atom stereocenters. The van der Waals surface area contributed by atoms with Crippen LogP contribution in [-0.4, -0.2) is 25.1 Å². The number of carbonyl (C=O) groups excluding carboxylic acids is 1. The maximum Gasteiger partial charge on any atom is 0.241 e. The van der Waals surface area contributed by atoms with Crippen LogP contribution in [0, 0.1) is 0 Å². The van der Waals surface area contributed by atoms with Crippen LogP contribution in [0.5, 0.6) is 0 Å². The van der Waals surface area contributed by atoms with Crippen LogP contribution in [-0.2, 0) is 14.6 Å². The van der Waals surface area contributed by atoms with Gasteiger partial charge in [-0.15, -0.1) is 0 Å². The molecule has 0 radical (unpaired) electrons. The Bertz CT molecular complexity index is 1000. The zero-order chi connectivity index (χ0) is 17.2. The van der Waals surface area contributed by atoms with Crippen LogP contribution in [0.15, 0.2) is 70.2 Å². The number of pyridine rings is 1. The van der Waals surface area contributed by atoms with Crippen molar-refractivity contribution in [2.75, 3.05) is 11.1 Å². The van der Waals surface area contributed by atoms with E-state index >= 15 is 0 Å². The summed E-state index contributed by atoms with van der Waals surface area (Å²) in [7, 11) is -3.73. The number of amides is 1. The first-order valence-corrected chi connectivity index (χ1v) is 9.51. The third-order valence-electron chi connectivity index (χ3n) is 3.40. The average molecular weight is 405 g/mol. The number of fused-ring (bicyclic) bond motifs is 1. The maximum atomic E-state index is 12.4. The minimum absolute atomic E-state index is 0.125. The van der Waals surface area contributed by atoms with Crippen LogP contribution < -0.4 is 5.32 Å². The molecule has 7 heteroatoms. The highest BCUT2D eigenvalue weighted by Gasteiger charge is 2.20. The van der Waals surface area contributed by atoms with Crippen LogP contribution in [0.4, 0.5) is 5.82 Å². The van der Waals surface area contributed by atoms with Crippen molar-refractivity contribution < 1.29 is 13.2 Å². The largest absolute Gasteiger partial charge is 0.310 e. The number of sulfone groups is 1. The summed E-state index contributed by atoms with van der Waals surface area (Å²) in [5.41, 5.74) is 0. The molecule has 0 bridgehead atoms. The highest BCUT2D eigenvalue weighted by Crippen LogP contribution is 2.20. The third kappa shape index (κ3) is 3.80. The molecule has 0 aliphatic rings. The minimum Gasteiger partial charge on any atom is -0.310 e. The van der Waals surface area contributed by atoms with E-state index in [4.69, 9.17) is 0 Å². The van der Waals surface area contributed by atoms with Gasteiger partial charge in [-0.1, -0.05) is 30.3 Å². The Morgan fingerprint density at radius 1 is 1.04 bits per heavy atom. The van der Waals surface area contributed by atoms with Crippen molar-refractivity contribution in [2.45, 2.75) is 4.90 Å². The molecule has 0 fully saturated rings. The molecule has 24 heavy (non-hydrogen) atoms. The molecule has 0 aliphatic carbocycles. The number of hydrogen-bond donors (Lipinski definition) is 1. The summed E-state index contributed by atoms with van der Waals surface area (Å²) in [6.45, 7) is 0. The van der Waals surface area contributed by atoms with Crippen LogP contribution in [0.2, 0.25) is 0 Å². The fourth-order valence-electron chi connectivity index (χ4n) is 2.25. The standard InChI is InChI=1S/C17H13BrN2O3S/c18-14-6-8-16(19-10-14)20-17(21)11-24(22,23)15-7-5-12-3-1-2-4-13(12)9-15/h1-10H,11H2,(H,19,20,21). The van der Waals surface area contributed by atoms with Crippen molar-refractivity contribution >= 4 is 48.3 Å². The van der Waals surface area contributed by atoms with Crippen molar-refractivity contribution in [3.63, 3.8) is 0 Å². The SMILES string of the molecule is O=C(CS(=O)(=O)c1ccc2ccccc2c1)Nc1ccc(Br)cn1. The van der Waals surface area contributed by atoms with E-state index in [1.165, 1.54) is 12.3 Å². The fourth-order valence-corrected chi connectivity index (χ4v) is 3.65. The number of carbonyl (C=O) groups is 1. The van der Waals surface area contributed by atoms with Gasteiger partial charge in [0.05, 0.1) is 4.90 Å². The summed E-state index contributed by atoms with van der Waals surface area (Å²) in [6.07, 6.45) is 1.52. The monoisotopic (exact) mass is 404 g/mol. The minimum atomic E-state index is -3.73. The van der Waals surface area contributed by atoms with Gasteiger partial charge < -0.3 is 5.32 Å². The molecule has 2 aromatic carbocycles. The fraction of sp³-hybridized carbons (Fsp3) is 0.0588. The number of nitrogens with zero attached hydrogens (tertiary/aromatic N) is 1. The van der Waals surface area contributed by atoms with E-state index in [1.807, 2.05) is 24.3 Å². The molecule has 0 spiro atoms. The van der Waals surface area contributed by atoms with Crippen molar-refractivity contribution in [3.05, 3.63) is 65.3 Å². The number of benzene rings is 2. The van der Waals surface area contributed by atoms with Crippen molar-refractivity contribution in [1.82, 2.24) is 4.98 Å². The zero-order valence-corrected chi connectivity index (χ0v) is 14.8. The molecule has 122 valence electrons. The average Bonchev–Trinajstić information content (AvgIpc) is 2.56. The number of rotatable bonds is 4. The molecule has 1 aromatic heterocycles. The Morgan fingerprint density at radius 3 is 2.50 bits per heavy atom. The second-order valence-electron chi connectivity index (χ2n) is 5.18. The van der Waals surface area contributed by atoms with Gasteiger partial charge >= 0.3 is 0 Å². The summed E-state index contributed by atoms with van der Waals surface area (Å²) in [4.78, 5) is 16.1. The lowest BCUT2D eigenvalue weighted by Crippen LogP contribution is -2.23. The highest BCUT2D eigenvalue weighted by atomic mass is 79.9. The molecule has 5 nitrogen and oxygen atoms in total. The maximum absolute atomic E-state index is 12.4. The summed E-state index contributed by atoms with van der Waals surface area (Å²) in [5, 5.41) is 4.24. The van der Waals surface area contributed by atoms with Crippen molar-refractivity contribution in [1.29, 1.82) is 0 Å². The molecule has 3 aromatic rings. The summed E-state index contributed by atoms with van der Waals surface area (Å²) in [6, 6.07) is 15.6. The highest BCUT2D eigenvalue weighted by molar-refractivity contribution is 9.10. The second-order valence-corrected chi connectivity index (χ2v) is 8.08. The van der Waals surface area contributed by atoms with Crippen molar-refractivity contribution in [3.8, 4) is 0 Å². The molecule has 1 heterocycles. The normalized spacial score (nSPS) is 11.4. The van der Waals surface area contributed by atoms with Gasteiger partial charge in [-0.25, -0.2) is 13.4 Å². The summed E-state index contributed by atoms with van der Waals surface area (Å²) >= 11 is 3.24. The van der Waals surface area contributed by atoms with Gasteiger partial charge in [0.15, 0.2) is 9.84 Å². The van der Waals surface area contributed by atoms with Crippen LogP contribution >= 0.6 is 15.9 Å². The number of halogens is 1. The Hall–Kier alpha value is -2.25. The molecule has 0 saturated carbocycles. The van der Waals surface area contributed by atoms with E-state index in [-0.39, 0.29) is 4.90 Å². The smallest absolute Gasteiger partial charge is 0.241 e. The second kappa shape index (κ2) is 6.70. The predicted molar refractivity (Wildman–Crippen MR) is 96.6 cm³/mol. The van der Waals surface area contributed by atoms with Gasteiger partial charge in [-0.2, -0.15) is 0 Å². The Balaban J connectivity index is 1.79. The predicted octanol–water partition coefficient (Wildman–Crippen LogP) is 3.41. The molecule has 1 amide bonds. The quantitative estimate of drug-likeness (QED) is 0.722. The van der Waals surface area contributed by atoms with Crippen molar-refractivity contribution in [2.24, 2.45) is 0 Å². The van der Waals surface area contributed by atoms with E-state index in [9.17, 15) is 13.2 Å². The number of aromatic nitrogens is 1. The lowest BCUT2D eigenvalue weighted by molar-refractivity contribution is -0.113. The lowest BCUT2D eigenvalue weighted by Gasteiger charge is -2.07. The van der Waals surface area contributed by atoms with Gasteiger partial charge in [-0.05, 0) is 51.0 Å². The van der Waals surface area contributed by atoms with Gasteiger partial charge in [0.25, 0.3) is 0 Å². The number of hydrogen-bond acceptors (Lipinski definition) is 4. The Kier molecular flexibility index (Phi) is 4.64. The number of anilines is 1. The van der Waals surface area contributed by atoms with E-state index in [0.29, 0.717) is 5.82 Å². The van der Waals surface area contributed by atoms with Gasteiger partial charge in [0.2, 0.25) is 5.91 Å². The first-order valence-electron chi connectivity index (χ1n) is 7.07. The molecule has 0 atom stereocenters. The third-order valence-corrected chi connectivity index (χ3v) is 5.48. The Labute approximate surface area is 147 Å². The van der Waals surface area contributed by atoms with Crippen LogP contribution in [0.3, 0.4) is 0 Å². The van der Waals surface area contributed by atoms with Crippen LogP contribution in [0.25, 0.3) is 10.8 Å². The van der Waals surface area contributed by atoms with Gasteiger partial charge in [0, 0.05) is 10.7 Å². The van der Waals surface area contributed by atoms with E-state index in [1.54, 1.807) is 24.3 Å². The summed E-state index contributed by atoms with van der Waals surface area (Å²) < 4.78 is 25.7. The molecule has 0 saturated heterocycles. The molecular formula is C17H13BrN2O3S. The number of nitrogens with one attached hydrogen (secondary N) is 1. The zero-order valence-electron chi connectivity index (χ0n) is 12.4. The molecule has 0 aliphatic heterocycles.